The van der Waals surface area contributed by atoms with Crippen molar-refractivity contribution in [3.05, 3.63) is 82.2 Å². The van der Waals surface area contributed by atoms with E-state index in [-0.39, 0.29) is 5.56 Å². The highest BCUT2D eigenvalue weighted by Gasteiger charge is 2.13. The van der Waals surface area contributed by atoms with Crippen LogP contribution in [-0.2, 0) is 0 Å². The number of aryl methyl sites for hydroxylation is 3. The second-order valence-corrected chi connectivity index (χ2v) is 6.51. The summed E-state index contributed by atoms with van der Waals surface area (Å²) in [4.78, 5) is 15.4. The molecule has 0 fully saturated rings. The van der Waals surface area contributed by atoms with Crippen molar-refractivity contribution < 1.29 is 9.90 Å². The summed E-state index contributed by atoms with van der Waals surface area (Å²) in [6, 6.07) is 15.0. The minimum absolute atomic E-state index is 0.261. The number of aliphatic imine (C=N–C) groups is 1. The van der Waals surface area contributed by atoms with Crippen LogP contribution in [0.4, 0.5) is 5.69 Å². The van der Waals surface area contributed by atoms with Gasteiger partial charge in [-0.1, -0.05) is 18.2 Å². The number of hydrogen-bond acceptors (Lipinski definition) is 2. The van der Waals surface area contributed by atoms with Crippen LogP contribution in [0.25, 0.3) is 5.69 Å². The van der Waals surface area contributed by atoms with Gasteiger partial charge in [0.15, 0.2) is 0 Å². The van der Waals surface area contributed by atoms with Crippen molar-refractivity contribution in [2.45, 2.75) is 27.7 Å². The summed E-state index contributed by atoms with van der Waals surface area (Å²) in [6.45, 7) is 8.43. The zero-order chi connectivity index (χ0) is 18.8. The lowest BCUT2D eigenvalue weighted by molar-refractivity contribution is 0.0697. The van der Waals surface area contributed by atoms with Crippen molar-refractivity contribution in [1.82, 2.24) is 4.57 Å². The molecule has 0 aliphatic rings. The van der Waals surface area contributed by atoms with Gasteiger partial charge in [0.05, 0.1) is 16.9 Å². The third-order valence-electron chi connectivity index (χ3n) is 4.60. The van der Waals surface area contributed by atoms with Gasteiger partial charge in [0, 0.05) is 23.2 Å². The molecule has 0 saturated carbocycles. The fraction of sp³-hybridized carbons (Fsp3) is 0.182. The maximum atomic E-state index is 10.9. The second-order valence-electron chi connectivity index (χ2n) is 6.51. The van der Waals surface area contributed by atoms with E-state index in [1.165, 1.54) is 16.8 Å². The Labute approximate surface area is 153 Å². The van der Waals surface area contributed by atoms with Crippen molar-refractivity contribution in [2.24, 2.45) is 4.99 Å². The Kier molecular flexibility index (Phi) is 4.76. The number of aromatic carboxylic acids is 1. The predicted octanol–water partition coefficient (Wildman–Crippen LogP) is 5.16. The highest BCUT2D eigenvalue weighted by atomic mass is 16.4. The zero-order valence-corrected chi connectivity index (χ0v) is 15.4. The first-order valence-corrected chi connectivity index (χ1v) is 8.51. The van der Waals surface area contributed by atoms with E-state index in [4.69, 9.17) is 5.11 Å². The van der Waals surface area contributed by atoms with E-state index in [0.717, 1.165) is 22.6 Å². The highest BCUT2D eigenvalue weighted by molar-refractivity contribution is 5.88. The molecule has 0 atom stereocenters. The molecule has 0 spiro atoms. The third kappa shape index (κ3) is 3.31. The van der Waals surface area contributed by atoms with Gasteiger partial charge in [0.1, 0.15) is 0 Å². The Morgan fingerprint density at radius 3 is 2.19 bits per heavy atom. The minimum atomic E-state index is -0.933. The highest BCUT2D eigenvalue weighted by Crippen LogP contribution is 2.25. The average Bonchev–Trinajstić information content (AvgIpc) is 2.88. The molecule has 4 nitrogen and oxygen atoms in total. The Morgan fingerprint density at radius 2 is 1.62 bits per heavy atom. The fourth-order valence-corrected chi connectivity index (χ4v) is 3.25. The minimum Gasteiger partial charge on any atom is -0.478 e. The molecule has 3 rings (SSSR count). The van der Waals surface area contributed by atoms with Crippen molar-refractivity contribution >= 4 is 17.9 Å². The fourth-order valence-electron chi connectivity index (χ4n) is 3.25. The number of carboxylic acid groups (broad SMARTS) is 1. The normalized spacial score (nSPS) is 11.2. The monoisotopic (exact) mass is 346 g/mol. The van der Waals surface area contributed by atoms with Crippen LogP contribution in [0.15, 0.2) is 53.5 Å². The molecule has 0 aliphatic heterocycles. The Bertz CT molecular complexity index is 975. The smallest absolute Gasteiger partial charge is 0.335 e. The van der Waals surface area contributed by atoms with E-state index in [2.05, 4.69) is 61.5 Å². The lowest BCUT2D eigenvalue weighted by Crippen LogP contribution is -2.04. The number of carboxylic acids is 1. The van der Waals surface area contributed by atoms with Gasteiger partial charge in [-0.05, 0) is 69.2 Å². The number of nitrogens with zero attached hydrogens (tertiary/aromatic N) is 2. The number of benzene rings is 2. The van der Waals surface area contributed by atoms with Crippen LogP contribution in [-0.4, -0.2) is 21.9 Å². The standard InChI is InChI=1S/C22H22N2O2/c1-14-6-5-7-15(2)21(14)24-16(3)12-19(17(24)4)13-23-20-10-8-18(9-11-20)22(25)26/h5-13H,1-4H3,(H,25,26). The molecular formula is C22H22N2O2. The summed E-state index contributed by atoms with van der Waals surface area (Å²) in [6.07, 6.45) is 1.84. The molecule has 4 heteroatoms. The van der Waals surface area contributed by atoms with Gasteiger partial charge < -0.3 is 9.67 Å². The number of carbonyl (C=O) groups is 1. The molecule has 1 aromatic heterocycles. The molecule has 0 unspecified atom stereocenters. The lowest BCUT2D eigenvalue weighted by atomic mass is 10.1. The number of aromatic nitrogens is 1. The first kappa shape index (κ1) is 17.7. The van der Waals surface area contributed by atoms with Crippen LogP contribution in [0.2, 0.25) is 0 Å². The summed E-state index contributed by atoms with van der Waals surface area (Å²) in [7, 11) is 0. The van der Waals surface area contributed by atoms with Gasteiger partial charge in [0.25, 0.3) is 0 Å². The summed E-state index contributed by atoms with van der Waals surface area (Å²) < 4.78 is 2.26. The third-order valence-corrected chi connectivity index (χ3v) is 4.60. The van der Waals surface area contributed by atoms with E-state index in [1.807, 2.05) is 6.21 Å². The topological polar surface area (TPSA) is 54.6 Å². The first-order valence-electron chi connectivity index (χ1n) is 8.51. The molecule has 0 radical (unpaired) electrons. The zero-order valence-electron chi connectivity index (χ0n) is 15.4. The quantitative estimate of drug-likeness (QED) is 0.663. The van der Waals surface area contributed by atoms with Crippen molar-refractivity contribution in [1.29, 1.82) is 0 Å². The Balaban J connectivity index is 1.97. The van der Waals surface area contributed by atoms with Crippen molar-refractivity contribution in [3.8, 4) is 5.69 Å². The molecule has 26 heavy (non-hydrogen) atoms. The number of hydrogen-bond donors (Lipinski definition) is 1. The molecule has 0 bridgehead atoms. The van der Waals surface area contributed by atoms with Crippen LogP contribution in [0.5, 0.6) is 0 Å². The Morgan fingerprint density at radius 1 is 1.00 bits per heavy atom. The summed E-state index contributed by atoms with van der Waals surface area (Å²) in [5.41, 5.74) is 8.01. The van der Waals surface area contributed by atoms with E-state index in [0.29, 0.717) is 0 Å². The van der Waals surface area contributed by atoms with E-state index in [1.54, 1.807) is 24.3 Å². The molecule has 0 amide bonds. The first-order chi connectivity index (χ1) is 12.4. The molecule has 132 valence electrons. The molecule has 0 saturated heterocycles. The largest absolute Gasteiger partial charge is 0.478 e. The van der Waals surface area contributed by atoms with E-state index >= 15 is 0 Å². The summed E-state index contributed by atoms with van der Waals surface area (Å²) in [5.74, 6) is -0.933. The van der Waals surface area contributed by atoms with Crippen LogP contribution in [0.1, 0.15) is 38.4 Å². The predicted molar refractivity (Wildman–Crippen MR) is 105 cm³/mol. The van der Waals surface area contributed by atoms with Crippen LogP contribution in [0.3, 0.4) is 0 Å². The second kappa shape index (κ2) is 7.00. The average molecular weight is 346 g/mol. The number of rotatable bonds is 4. The van der Waals surface area contributed by atoms with Gasteiger partial charge in [-0.25, -0.2) is 4.79 Å². The van der Waals surface area contributed by atoms with E-state index in [9.17, 15) is 4.79 Å². The van der Waals surface area contributed by atoms with Gasteiger partial charge in [-0.3, -0.25) is 4.99 Å². The van der Waals surface area contributed by atoms with Crippen LogP contribution < -0.4 is 0 Å². The van der Waals surface area contributed by atoms with Crippen molar-refractivity contribution in [3.63, 3.8) is 0 Å². The van der Waals surface area contributed by atoms with Crippen molar-refractivity contribution in [2.75, 3.05) is 0 Å². The molecular weight excluding hydrogens is 324 g/mol. The molecule has 3 aromatic rings. The summed E-state index contributed by atoms with van der Waals surface area (Å²) >= 11 is 0. The molecule has 2 aromatic carbocycles. The lowest BCUT2D eigenvalue weighted by Gasteiger charge is -2.15. The van der Waals surface area contributed by atoms with Gasteiger partial charge >= 0.3 is 5.97 Å². The number of para-hydroxylation sites is 1. The van der Waals surface area contributed by atoms with E-state index < -0.39 is 5.97 Å². The van der Waals surface area contributed by atoms with Gasteiger partial charge in [-0.2, -0.15) is 0 Å². The van der Waals surface area contributed by atoms with Crippen LogP contribution >= 0.6 is 0 Å². The maximum absolute atomic E-state index is 10.9. The molecule has 0 aliphatic carbocycles. The Hall–Kier alpha value is -3.14. The van der Waals surface area contributed by atoms with Gasteiger partial charge in [-0.15, -0.1) is 0 Å². The van der Waals surface area contributed by atoms with Crippen LogP contribution in [0, 0.1) is 27.7 Å². The molecule has 1 N–H and O–H groups in total. The van der Waals surface area contributed by atoms with Gasteiger partial charge in [0.2, 0.25) is 0 Å². The SMILES string of the molecule is Cc1cccc(C)c1-n1c(C)cc(C=Nc2ccc(C(=O)O)cc2)c1C. The molecule has 1 heterocycles. The summed E-state index contributed by atoms with van der Waals surface area (Å²) in [5, 5.41) is 8.97. The maximum Gasteiger partial charge on any atom is 0.335 e.